The van der Waals surface area contributed by atoms with Gasteiger partial charge in [-0.2, -0.15) is 0 Å². The summed E-state index contributed by atoms with van der Waals surface area (Å²) >= 11 is 3.59. The topological polar surface area (TPSA) is 60.5 Å². The van der Waals surface area contributed by atoms with Gasteiger partial charge in [-0.3, -0.25) is 0 Å². The van der Waals surface area contributed by atoms with Crippen LogP contribution in [0.5, 0.6) is 0 Å². The number of pyridine rings is 1. The minimum Gasteiger partial charge on any atom is -0.467 e. The van der Waals surface area contributed by atoms with Crippen molar-refractivity contribution in [1.29, 1.82) is 0 Å². The molecule has 22 heavy (non-hydrogen) atoms. The Hall–Kier alpha value is -1.14. The van der Waals surface area contributed by atoms with E-state index in [1.54, 1.807) is 0 Å². The van der Waals surface area contributed by atoms with Crippen molar-refractivity contribution < 1.29 is 14.3 Å². The molecule has 0 spiro atoms. The van der Waals surface area contributed by atoms with Crippen LogP contribution in [0.15, 0.2) is 4.47 Å². The molecule has 122 valence electrons. The van der Waals surface area contributed by atoms with Gasteiger partial charge in [-0.1, -0.05) is 0 Å². The average Bonchev–Trinajstić information content (AvgIpc) is 2.45. The first kappa shape index (κ1) is 17.2. The van der Waals surface area contributed by atoms with E-state index >= 15 is 0 Å². The van der Waals surface area contributed by atoms with Crippen molar-refractivity contribution in [1.82, 2.24) is 4.98 Å². The van der Waals surface area contributed by atoms with E-state index in [2.05, 4.69) is 26.2 Å². The number of halogens is 1. The smallest absolute Gasteiger partial charge is 0.339 e. The number of rotatable bonds is 3. The second-order valence-corrected chi connectivity index (χ2v) is 7.21. The molecule has 6 heteroatoms. The lowest BCUT2D eigenvalue weighted by atomic mass is 9.95. The Morgan fingerprint density at radius 2 is 2.09 bits per heavy atom. The van der Waals surface area contributed by atoms with E-state index in [-0.39, 0.29) is 0 Å². The van der Waals surface area contributed by atoms with Crippen LogP contribution in [-0.2, 0) is 20.7 Å². The molecule has 0 aromatic carbocycles. The summed E-state index contributed by atoms with van der Waals surface area (Å²) in [6.07, 6.45) is 1.10. The van der Waals surface area contributed by atoms with Gasteiger partial charge in [0.2, 0.25) is 0 Å². The normalized spacial score (nSPS) is 15.7. The number of aromatic nitrogens is 1. The predicted molar refractivity (Wildman–Crippen MR) is 89.1 cm³/mol. The highest BCUT2D eigenvalue weighted by molar-refractivity contribution is 9.10. The summed E-state index contributed by atoms with van der Waals surface area (Å²) < 4.78 is 11.8. The lowest BCUT2D eigenvalue weighted by Gasteiger charge is -2.30. The van der Waals surface area contributed by atoms with E-state index in [0.717, 1.165) is 46.5 Å². The minimum absolute atomic E-state index is 0.394. The first-order valence-corrected chi connectivity index (χ1v) is 8.22. The van der Waals surface area contributed by atoms with Gasteiger partial charge in [0.05, 0.1) is 18.4 Å². The minimum atomic E-state index is -0.769. The molecule has 1 aromatic heterocycles. The van der Waals surface area contributed by atoms with Gasteiger partial charge in [-0.25, -0.2) is 9.78 Å². The Balaban J connectivity index is 2.59. The molecule has 0 radical (unpaired) electrons. The van der Waals surface area contributed by atoms with Crippen molar-refractivity contribution in [3.05, 3.63) is 21.3 Å². The average molecular weight is 371 g/mol. The van der Waals surface area contributed by atoms with Gasteiger partial charge < -0.3 is 14.8 Å². The quantitative estimate of drug-likeness (QED) is 0.824. The Bertz CT molecular complexity index is 582. The number of methoxy groups -OCH3 is 1. The first-order valence-electron chi connectivity index (χ1n) is 7.43. The van der Waals surface area contributed by atoms with Gasteiger partial charge >= 0.3 is 5.97 Å². The number of fused-ring (bicyclic) bond motifs is 1. The zero-order chi connectivity index (χ0) is 16.5. The summed E-state index contributed by atoms with van der Waals surface area (Å²) in [4.78, 5) is 16.9. The van der Waals surface area contributed by atoms with Gasteiger partial charge in [-0.15, -0.1) is 0 Å². The van der Waals surface area contributed by atoms with E-state index in [9.17, 15) is 4.79 Å². The summed E-state index contributed by atoms with van der Waals surface area (Å²) in [7, 11) is 1.38. The molecular weight excluding hydrogens is 348 g/mol. The van der Waals surface area contributed by atoms with Gasteiger partial charge in [0.25, 0.3) is 0 Å². The van der Waals surface area contributed by atoms with Crippen LogP contribution in [0, 0.1) is 6.92 Å². The predicted octanol–water partition coefficient (Wildman–Crippen LogP) is 3.54. The van der Waals surface area contributed by atoms with Crippen molar-refractivity contribution in [3.8, 4) is 0 Å². The molecule has 0 fully saturated rings. The van der Waals surface area contributed by atoms with Crippen molar-refractivity contribution >= 4 is 27.7 Å². The largest absolute Gasteiger partial charge is 0.467 e. The van der Waals surface area contributed by atoms with E-state index in [1.807, 2.05) is 27.7 Å². The maximum atomic E-state index is 12.3. The van der Waals surface area contributed by atoms with Crippen molar-refractivity contribution in [3.63, 3.8) is 0 Å². The highest BCUT2D eigenvalue weighted by Gasteiger charge is 2.34. The van der Waals surface area contributed by atoms with Gasteiger partial charge in [-0.05, 0) is 56.5 Å². The second-order valence-electron chi connectivity index (χ2n) is 6.42. The van der Waals surface area contributed by atoms with Crippen LogP contribution in [0.1, 0.15) is 50.1 Å². The third-order valence-corrected chi connectivity index (χ3v) is 4.49. The number of hydrogen-bond acceptors (Lipinski definition) is 5. The number of aryl methyl sites for hydroxylation is 1. The van der Waals surface area contributed by atoms with Crippen molar-refractivity contribution in [2.45, 2.75) is 52.2 Å². The Morgan fingerprint density at radius 3 is 2.68 bits per heavy atom. The number of nitrogens with one attached hydrogen (secondary N) is 1. The first-order chi connectivity index (χ1) is 10.2. The molecule has 1 atom stereocenters. The third kappa shape index (κ3) is 3.60. The standard InChI is InChI=1S/C16H23BrN2O3/c1-9-12(17)11(10-7-6-8-18-14(10)19-9)13(15(20)21-5)22-16(2,3)4/h13H,6-8H2,1-5H3,(H,18,19). The summed E-state index contributed by atoms with van der Waals surface area (Å²) in [5, 5.41) is 3.31. The highest BCUT2D eigenvalue weighted by Crippen LogP contribution is 2.39. The molecule has 2 rings (SSSR count). The SMILES string of the molecule is COC(=O)C(OC(C)(C)C)c1c(Br)c(C)nc2c1CCCN2. The van der Waals surface area contributed by atoms with Crippen molar-refractivity contribution in [2.75, 3.05) is 19.0 Å². The molecule has 0 amide bonds. The molecular formula is C16H23BrN2O3. The number of esters is 1. The number of anilines is 1. The van der Waals surface area contributed by atoms with E-state index in [4.69, 9.17) is 9.47 Å². The fourth-order valence-corrected chi connectivity index (χ4v) is 3.11. The van der Waals surface area contributed by atoms with Crippen LogP contribution < -0.4 is 5.32 Å². The van der Waals surface area contributed by atoms with Gasteiger partial charge in [0.15, 0.2) is 6.10 Å². The summed E-state index contributed by atoms with van der Waals surface area (Å²) in [6.45, 7) is 8.58. The molecule has 0 saturated heterocycles. The maximum absolute atomic E-state index is 12.3. The molecule has 0 saturated carbocycles. The van der Waals surface area contributed by atoms with Crippen LogP contribution in [0.3, 0.4) is 0 Å². The fraction of sp³-hybridized carbons (Fsp3) is 0.625. The number of carbonyl (C=O) groups is 1. The molecule has 0 bridgehead atoms. The summed E-state index contributed by atoms with van der Waals surface area (Å²) in [6, 6.07) is 0. The maximum Gasteiger partial charge on any atom is 0.339 e. The highest BCUT2D eigenvalue weighted by atomic mass is 79.9. The molecule has 5 nitrogen and oxygen atoms in total. The van der Waals surface area contributed by atoms with Gasteiger partial charge in [0.1, 0.15) is 5.82 Å². The van der Waals surface area contributed by atoms with Gasteiger partial charge in [0, 0.05) is 22.1 Å². The number of hydrogen-bond donors (Lipinski definition) is 1. The molecule has 1 unspecified atom stereocenters. The number of carbonyl (C=O) groups excluding carboxylic acids is 1. The number of nitrogens with zero attached hydrogens (tertiary/aromatic N) is 1. The second kappa shape index (κ2) is 6.54. The molecule has 0 aliphatic carbocycles. The van der Waals surface area contributed by atoms with Crippen LogP contribution >= 0.6 is 15.9 Å². The zero-order valence-electron chi connectivity index (χ0n) is 13.7. The molecule has 1 aromatic rings. The zero-order valence-corrected chi connectivity index (χ0v) is 15.3. The van der Waals surface area contributed by atoms with Crippen LogP contribution in [-0.4, -0.2) is 30.2 Å². The van der Waals surface area contributed by atoms with Crippen molar-refractivity contribution in [2.24, 2.45) is 0 Å². The number of ether oxygens (including phenoxy) is 2. The van der Waals surface area contributed by atoms with Crippen LogP contribution in [0.4, 0.5) is 5.82 Å². The van der Waals surface area contributed by atoms with E-state index in [1.165, 1.54) is 7.11 Å². The van der Waals surface area contributed by atoms with Crippen LogP contribution in [0.25, 0.3) is 0 Å². The van der Waals surface area contributed by atoms with E-state index in [0.29, 0.717) is 0 Å². The fourth-order valence-electron chi connectivity index (χ4n) is 2.57. The van der Waals surface area contributed by atoms with E-state index < -0.39 is 17.7 Å². The molecule has 1 aliphatic rings. The third-order valence-electron chi connectivity index (χ3n) is 3.49. The molecule has 2 heterocycles. The lowest BCUT2D eigenvalue weighted by Crippen LogP contribution is -2.30. The Labute approximate surface area is 139 Å². The molecule has 1 aliphatic heterocycles. The summed E-state index contributed by atoms with van der Waals surface area (Å²) in [5.74, 6) is 0.447. The summed E-state index contributed by atoms with van der Waals surface area (Å²) in [5.41, 5.74) is 2.22. The molecule has 1 N–H and O–H groups in total. The Kier molecular flexibility index (Phi) is 5.12. The van der Waals surface area contributed by atoms with Crippen LogP contribution in [0.2, 0.25) is 0 Å². The Morgan fingerprint density at radius 1 is 1.41 bits per heavy atom. The monoisotopic (exact) mass is 370 g/mol. The lowest BCUT2D eigenvalue weighted by molar-refractivity contribution is -0.164.